The van der Waals surface area contributed by atoms with Gasteiger partial charge in [-0.2, -0.15) is 0 Å². The van der Waals surface area contributed by atoms with Gasteiger partial charge < -0.3 is 15.0 Å². The van der Waals surface area contributed by atoms with Crippen LogP contribution in [0.25, 0.3) is 11.3 Å². The average Bonchev–Trinajstić information content (AvgIpc) is 3.10. The van der Waals surface area contributed by atoms with Crippen molar-refractivity contribution < 1.29 is 9.53 Å². The molecule has 3 aromatic rings. The Morgan fingerprint density at radius 2 is 2.00 bits per heavy atom. The highest BCUT2D eigenvalue weighted by molar-refractivity contribution is 6.04. The van der Waals surface area contributed by atoms with Crippen molar-refractivity contribution in [3.05, 3.63) is 66.6 Å². The maximum Gasteiger partial charge on any atom is 0.255 e. The number of rotatable bonds is 4. The Hall–Kier alpha value is -3.08. The first-order chi connectivity index (χ1) is 10.8. The number of methoxy groups -OCH3 is 1. The molecule has 0 aliphatic rings. The highest BCUT2D eigenvalue weighted by Crippen LogP contribution is 2.21. The molecule has 3 rings (SSSR count). The van der Waals surface area contributed by atoms with E-state index in [1.807, 2.05) is 24.3 Å². The van der Waals surface area contributed by atoms with Crippen LogP contribution in [0.4, 0.5) is 5.69 Å². The third kappa shape index (κ3) is 2.98. The minimum absolute atomic E-state index is 0.163. The number of amides is 1. The molecule has 0 bridgehead atoms. The first kappa shape index (κ1) is 13.9. The molecule has 1 amide bonds. The predicted molar refractivity (Wildman–Crippen MR) is 85.0 cm³/mol. The van der Waals surface area contributed by atoms with Gasteiger partial charge in [-0.05, 0) is 36.4 Å². The molecular formula is C17H15N3O2. The minimum atomic E-state index is -0.163. The molecule has 2 N–H and O–H groups in total. The Labute approximate surface area is 128 Å². The quantitative estimate of drug-likeness (QED) is 0.775. The molecule has 1 heterocycles. The summed E-state index contributed by atoms with van der Waals surface area (Å²) in [6, 6.07) is 14.6. The Kier molecular flexibility index (Phi) is 3.87. The molecule has 0 unspecified atom stereocenters. The monoisotopic (exact) mass is 293 g/mol. The molecule has 0 radical (unpaired) electrons. The van der Waals surface area contributed by atoms with Gasteiger partial charge in [-0.25, -0.2) is 4.98 Å². The van der Waals surface area contributed by atoms with Crippen molar-refractivity contribution in [2.24, 2.45) is 0 Å². The van der Waals surface area contributed by atoms with Crippen LogP contribution in [0.2, 0.25) is 0 Å². The normalized spacial score (nSPS) is 10.2. The molecule has 110 valence electrons. The maximum atomic E-state index is 12.2. The molecule has 5 heteroatoms. The number of hydrogen-bond acceptors (Lipinski definition) is 3. The lowest BCUT2D eigenvalue weighted by Crippen LogP contribution is -2.11. The molecule has 22 heavy (non-hydrogen) atoms. The third-order valence-electron chi connectivity index (χ3n) is 3.28. The zero-order chi connectivity index (χ0) is 15.4. The molecule has 0 saturated carbocycles. The van der Waals surface area contributed by atoms with E-state index >= 15 is 0 Å². The van der Waals surface area contributed by atoms with E-state index in [9.17, 15) is 4.79 Å². The smallest absolute Gasteiger partial charge is 0.255 e. The second kappa shape index (κ2) is 6.13. The predicted octanol–water partition coefficient (Wildman–Crippen LogP) is 3.34. The van der Waals surface area contributed by atoms with Crippen molar-refractivity contribution in [1.29, 1.82) is 0 Å². The van der Waals surface area contributed by atoms with Crippen molar-refractivity contribution in [2.45, 2.75) is 0 Å². The topological polar surface area (TPSA) is 67.0 Å². The molecule has 0 aliphatic carbocycles. The summed E-state index contributed by atoms with van der Waals surface area (Å²) >= 11 is 0. The van der Waals surface area contributed by atoms with Crippen LogP contribution in [-0.4, -0.2) is 23.0 Å². The molecule has 5 nitrogen and oxygen atoms in total. The molecule has 0 atom stereocenters. The summed E-state index contributed by atoms with van der Waals surface area (Å²) in [4.78, 5) is 19.3. The first-order valence-corrected chi connectivity index (χ1v) is 6.80. The summed E-state index contributed by atoms with van der Waals surface area (Å²) in [6.45, 7) is 0. The van der Waals surface area contributed by atoms with Gasteiger partial charge in [-0.1, -0.05) is 12.1 Å². The fourth-order valence-corrected chi connectivity index (χ4v) is 2.12. The number of nitrogens with zero attached hydrogens (tertiary/aromatic N) is 1. The van der Waals surface area contributed by atoms with E-state index in [4.69, 9.17) is 4.74 Å². The molecular weight excluding hydrogens is 278 g/mol. The van der Waals surface area contributed by atoms with E-state index < -0.39 is 0 Å². The van der Waals surface area contributed by atoms with Gasteiger partial charge in [-0.3, -0.25) is 4.79 Å². The fourth-order valence-electron chi connectivity index (χ4n) is 2.12. The van der Waals surface area contributed by atoms with Crippen LogP contribution in [0, 0.1) is 0 Å². The first-order valence-electron chi connectivity index (χ1n) is 6.80. The molecule has 0 fully saturated rings. The van der Waals surface area contributed by atoms with E-state index in [0.29, 0.717) is 5.56 Å². The molecule has 1 aromatic heterocycles. The highest BCUT2D eigenvalue weighted by Gasteiger charge is 2.07. The Morgan fingerprint density at radius 1 is 1.18 bits per heavy atom. The number of imidazole rings is 1. The van der Waals surface area contributed by atoms with E-state index in [2.05, 4.69) is 15.3 Å². The van der Waals surface area contributed by atoms with Crippen molar-refractivity contribution >= 4 is 11.6 Å². The lowest BCUT2D eigenvalue weighted by atomic mass is 10.1. The Bertz CT molecular complexity index is 765. The zero-order valence-electron chi connectivity index (χ0n) is 12.0. The van der Waals surface area contributed by atoms with Crippen LogP contribution >= 0.6 is 0 Å². The molecule has 0 spiro atoms. The minimum Gasteiger partial charge on any atom is -0.497 e. The summed E-state index contributed by atoms with van der Waals surface area (Å²) in [5.74, 6) is 0.558. The fraction of sp³-hybridized carbons (Fsp3) is 0.0588. The SMILES string of the molecule is COc1ccc(C(=O)Nc2cccc(-c3cnc[nH]3)c2)cc1. The number of hydrogen-bond donors (Lipinski definition) is 2. The van der Waals surface area contributed by atoms with Crippen molar-refractivity contribution in [2.75, 3.05) is 12.4 Å². The summed E-state index contributed by atoms with van der Waals surface area (Å²) in [5, 5.41) is 2.88. The van der Waals surface area contributed by atoms with E-state index in [-0.39, 0.29) is 5.91 Å². The standard InChI is InChI=1S/C17H15N3O2/c1-22-15-7-5-12(6-8-15)17(21)20-14-4-2-3-13(9-14)16-10-18-11-19-16/h2-11H,1H3,(H,18,19)(H,20,21). The number of nitrogens with one attached hydrogen (secondary N) is 2. The maximum absolute atomic E-state index is 12.2. The second-order valence-electron chi connectivity index (χ2n) is 4.73. The van der Waals surface area contributed by atoms with Crippen molar-refractivity contribution in [3.8, 4) is 17.0 Å². The number of anilines is 1. The van der Waals surface area contributed by atoms with Gasteiger partial charge >= 0.3 is 0 Å². The molecule has 2 aromatic carbocycles. The number of carbonyl (C=O) groups is 1. The second-order valence-corrected chi connectivity index (χ2v) is 4.73. The molecule has 0 aliphatic heterocycles. The van der Waals surface area contributed by atoms with Crippen LogP contribution in [0.1, 0.15) is 10.4 Å². The number of aromatic amines is 1. The van der Waals surface area contributed by atoms with Gasteiger partial charge in [0.15, 0.2) is 0 Å². The Balaban J connectivity index is 1.77. The van der Waals surface area contributed by atoms with Gasteiger partial charge in [0.2, 0.25) is 0 Å². The van der Waals surface area contributed by atoms with Crippen molar-refractivity contribution in [1.82, 2.24) is 9.97 Å². The van der Waals surface area contributed by atoms with E-state index in [1.54, 1.807) is 43.9 Å². The van der Waals surface area contributed by atoms with Crippen LogP contribution in [-0.2, 0) is 0 Å². The van der Waals surface area contributed by atoms with Crippen LogP contribution in [0.3, 0.4) is 0 Å². The third-order valence-corrected chi connectivity index (χ3v) is 3.28. The summed E-state index contributed by atoms with van der Waals surface area (Å²) in [6.07, 6.45) is 3.36. The number of H-pyrrole nitrogens is 1. The van der Waals surface area contributed by atoms with Crippen LogP contribution in [0.15, 0.2) is 61.1 Å². The molecule has 0 saturated heterocycles. The van der Waals surface area contributed by atoms with Crippen molar-refractivity contribution in [3.63, 3.8) is 0 Å². The largest absolute Gasteiger partial charge is 0.497 e. The number of benzene rings is 2. The average molecular weight is 293 g/mol. The van der Waals surface area contributed by atoms with Gasteiger partial charge in [-0.15, -0.1) is 0 Å². The van der Waals surface area contributed by atoms with Gasteiger partial charge in [0.05, 0.1) is 25.3 Å². The van der Waals surface area contributed by atoms with Crippen LogP contribution in [0.5, 0.6) is 5.75 Å². The Morgan fingerprint density at radius 3 is 2.68 bits per heavy atom. The van der Waals surface area contributed by atoms with Gasteiger partial charge in [0.1, 0.15) is 5.75 Å². The number of ether oxygens (including phenoxy) is 1. The number of aromatic nitrogens is 2. The lowest BCUT2D eigenvalue weighted by Gasteiger charge is -2.07. The summed E-state index contributed by atoms with van der Waals surface area (Å²) < 4.78 is 5.08. The lowest BCUT2D eigenvalue weighted by molar-refractivity contribution is 0.102. The van der Waals surface area contributed by atoms with E-state index in [1.165, 1.54) is 0 Å². The number of carbonyl (C=O) groups excluding carboxylic acids is 1. The van der Waals surface area contributed by atoms with Gasteiger partial charge in [0, 0.05) is 16.8 Å². The van der Waals surface area contributed by atoms with Crippen LogP contribution < -0.4 is 10.1 Å². The summed E-state index contributed by atoms with van der Waals surface area (Å²) in [5.41, 5.74) is 3.17. The highest BCUT2D eigenvalue weighted by atomic mass is 16.5. The van der Waals surface area contributed by atoms with E-state index in [0.717, 1.165) is 22.7 Å². The zero-order valence-corrected chi connectivity index (χ0v) is 12.0. The summed E-state index contributed by atoms with van der Waals surface area (Å²) in [7, 11) is 1.59. The van der Waals surface area contributed by atoms with Gasteiger partial charge in [0.25, 0.3) is 5.91 Å².